The Kier molecular flexibility index (Phi) is 7.81. The summed E-state index contributed by atoms with van der Waals surface area (Å²) in [4.78, 5) is 15.4. The van der Waals surface area contributed by atoms with Crippen LogP contribution >= 0.6 is 0 Å². The average Bonchev–Trinajstić information content (AvgIpc) is 3.26. The molecule has 0 N–H and O–H groups in total. The summed E-state index contributed by atoms with van der Waals surface area (Å²) in [6.07, 6.45) is 0. The normalized spacial score (nSPS) is 11.3. The number of nitrogens with zero attached hydrogens (tertiary/aromatic N) is 3. The molecule has 0 aliphatic carbocycles. The predicted octanol–water partition coefficient (Wildman–Crippen LogP) is 13.3. The summed E-state index contributed by atoms with van der Waals surface area (Å²) < 4.78 is 0. The number of aromatic nitrogens is 3. The van der Waals surface area contributed by atoms with E-state index in [0.717, 1.165) is 44.2 Å². The molecule has 0 atom stereocenters. The van der Waals surface area contributed by atoms with Crippen LogP contribution in [0.25, 0.3) is 99.9 Å². The molecule has 9 aromatic carbocycles. The highest BCUT2D eigenvalue weighted by atomic mass is 15.0. The molecule has 252 valence electrons. The van der Waals surface area contributed by atoms with Crippen LogP contribution in [-0.2, 0) is 0 Å². The minimum atomic E-state index is 0.635. The van der Waals surface area contributed by atoms with Gasteiger partial charge < -0.3 is 0 Å². The zero-order valence-corrected chi connectivity index (χ0v) is 29.4. The fourth-order valence-corrected chi connectivity index (χ4v) is 7.61. The van der Waals surface area contributed by atoms with Crippen molar-refractivity contribution in [2.24, 2.45) is 0 Å². The lowest BCUT2D eigenvalue weighted by molar-refractivity contribution is 1.08. The maximum atomic E-state index is 5.14. The summed E-state index contributed by atoms with van der Waals surface area (Å²) >= 11 is 0. The average molecular weight is 688 g/mol. The minimum Gasteiger partial charge on any atom is -0.208 e. The van der Waals surface area contributed by atoms with Crippen LogP contribution in [-0.4, -0.2) is 15.0 Å². The van der Waals surface area contributed by atoms with Gasteiger partial charge in [-0.3, -0.25) is 0 Å². The minimum absolute atomic E-state index is 0.635. The van der Waals surface area contributed by atoms with Crippen molar-refractivity contribution in [1.82, 2.24) is 15.0 Å². The van der Waals surface area contributed by atoms with E-state index in [-0.39, 0.29) is 0 Å². The molecule has 3 heteroatoms. The summed E-state index contributed by atoms with van der Waals surface area (Å²) in [6, 6.07) is 70.6. The fourth-order valence-electron chi connectivity index (χ4n) is 7.61. The van der Waals surface area contributed by atoms with Crippen LogP contribution in [0, 0.1) is 0 Å². The molecule has 0 radical (unpaired) electrons. The highest BCUT2D eigenvalue weighted by molar-refractivity contribution is 5.98. The second-order valence-electron chi connectivity index (χ2n) is 13.6. The fraction of sp³-hybridized carbons (Fsp3) is 0. The molecule has 10 aromatic rings. The zero-order valence-electron chi connectivity index (χ0n) is 29.4. The van der Waals surface area contributed by atoms with Gasteiger partial charge in [-0.2, -0.15) is 0 Å². The van der Waals surface area contributed by atoms with Crippen molar-refractivity contribution >= 4 is 32.3 Å². The van der Waals surface area contributed by atoms with Crippen molar-refractivity contribution < 1.29 is 0 Å². The van der Waals surface area contributed by atoms with Crippen LogP contribution in [0.5, 0.6) is 0 Å². The third-order valence-electron chi connectivity index (χ3n) is 10.3. The summed E-state index contributed by atoms with van der Waals surface area (Å²) in [6.45, 7) is 0. The van der Waals surface area contributed by atoms with Crippen molar-refractivity contribution in [1.29, 1.82) is 0 Å². The van der Waals surface area contributed by atoms with Crippen LogP contribution in [0.1, 0.15) is 0 Å². The highest BCUT2D eigenvalue weighted by Gasteiger charge is 2.16. The molecule has 0 spiro atoms. The molecule has 1 aromatic heterocycles. The molecule has 0 saturated heterocycles. The van der Waals surface area contributed by atoms with Gasteiger partial charge >= 0.3 is 0 Å². The molecule has 0 amide bonds. The van der Waals surface area contributed by atoms with Crippen LogP contribution in [0.3, 0.4) is 0 Å². The van der Waals surface area contributed by atoms with Crippen molar-refractivity contribution in [2.45, 2.75) is 0 Å². The first-order valence-electron chi connectivity index (χ1n) is 18.3. The van der Waals surface area contributed by atoms with Gasteiger partial charge in [-0.15, -0.1) is 0 Å². The standard InChI is InChI=1S/C51H33N3/c1-4-19-43-35(11-1)14-8-22-45(43)38-27-25-34(26-28-38)41-17-7-18-42(33-41)50-52-49(53-51(54-50)48-24-10-16-37-13-3-6-21-47(37)48)40-31-29-39(30-32-40)46-23-9-15-36-12-2-5-20-44(36)46/h1-33H. The molecular weight excluding hydrogens is 655 g/mol. The van der Waals surface area contributed by atoms with Gasteiger partial charge in [-0.1, -0.05) is 194 Å². The Labute approximate surface area is 313 Å². The third-order valence-corrected chi connectivity index (χ3v) is 10.3. The highest BCUT2D eigenvalue weighted by Crippen LogP contribution is 2.35. The van der Waals surface area contributed by atoms with E-state index < -0.39 is 0 Å². The monoisotopic (exact) mass is 687 g/mol. The van der Waals surface area contributed by atoms with Gasteiger partial charge in [0.25, 0.3) is 0 Å². The maximum absolute atomic E-state index is 5.14. The molecule has 0 saturated carbocycles. The van der Waals surface area contributed by atoms with Gasteiger partial charge in [-0.05, 0) is 71.8 Å². The smallest absolute Gasteiger partial charge is 0.164 e. The predicted molar refractivity (Wildman–Crippen MR) is 225 cm³/mol. The second kappa shape index (κ2) is 13.4. The Morgan fingerprint density at radius 3 is 1.15 bits per heavy atom. The van der Waals surface area contributed by atoms with Crippen LogP contribution < -0.4 is 0 Å². The summed E-state index contributed by atoms with van der Waals surface area (Å²) in [5, 5.41) is 7.21. The van der Waals surface area contributed by atoms with Gasteiger partial charge in [0.05, 0.1) is 0 Å². The zero-order chi connectivity index (χ0) is 35.8. The topological polar surface area (TPSA) is 38.7 Å². The molecule has 10 rings (SSSR count). The number of rotatable bonds is 6. The number of fused-ring (bicyclic) bond motifs is 3. The molecule has 0 unspecified atom stereocenters. The molecule has 3 nitrogen and oxygen atoms in total. The van der Waals surface area contributed by atoms with E-state index in [1.165, 1.54) is 38.2 Å². The van der Waals surface area contributed by atoms with E-state index in [2.05, 4.69) is 200 Å². The maximum Gasteiger partial charge on any atom is 0.164 e. The third kappa shape index (κ3) is 5.78. The van der Waals surface area contributed by atoms with Crippen LogP contribution in [0.2, 0.25) is 0 Å². The number of hydrogen-bond donors (Lipinski definition) is 0. The molecular formula is C51H33N3. The van der Waals surface area contributed by atoms with E-state index in [0.29, 0.717) is 17.5 Å². The molecule has 0 aliphatic heterocycles. The lowest BCUT2D eigenvalue weighted by Crippen LogP contribution is -2.00. The summed E-state index contributed by atoms with van der Waals surface area (Å²) in [7, 11) is 0. The van der Waals surface area contributed by atoms with Gasteiger partial charge in [0.2, 0.25) is 0 Å². The summed E-state index contributed by atoms with van der Waals surface area (Å²) in [5.41, 5.74) is 9.86. The summed E-state index contributed by atoms with van der Waals surface area (Å²) in [5.74, 6) is 1.92. The lowest BCUT2D eigenvalue weighted by Gasteiger charge is -2.12. The molecule has 54 heavy (non-hydrogen) atoms. The van der Waals surface area contributed by atoms with Gasteiger partial charge in [-0.25, -0.2) is 15.0 Å². The van der Waals surface area contributed by atoms with Crippen molar-refractivity contribution in [2.75, 3.05) is 0 Å². The van der Waals surface area contributed by atoms with Crippen LogP contribution in [0.15, 0.2) is 200 Å². The van der Waals surface area contributed by atoms with Crippen molar-refractivity contribution in [3.8, 4) is 67.5 Å². The first kappa shape index (κ1) is 31.5. The lowest BCUT2D eigenvalue weighted by atomic mass is 9.96. The van der Waals surface area contributed by atoms with Gasteiger partial charge in [0.1, 0.15) is 0 Å². The van der Waals surface area contributed by atoms with E-state index in [1.54, 1.807) is 0 Å². The largest absolute Gasteiger partial charge is 0.208 e. The Morgan fingerprint density at radius 2 is 0.593 bits per heavy atom. The van der Waals surface area contributed by atoms with Gasteiger partial charge in [0.15, 0.2) is 17.5 Å². The van der Waals surface area contributed by atoms with E-state index in [9.17, 15) is 0 Å². The Bertz CT molecular complexity index is 2970. The SMILES string of the molecule is c1cc(-c2ccc(-c3cccc4ccccc34)cc2)cc(-c2nc(-c3ccc(-c4cccc5ccccc45)cc3)nc(-c3cccc4ccccc34)n2)c1. The van der Waals surface area contributed by atoms with E-state index >= 15 is 0 Å². The van der Waals surface area contributed by atoms with Crippen LogP contribution in [0.4, 0.5) is 0 Å². The van der Waals surface area contributed by atoms with Crippen molar-refractivity contribution in [3.63, 3.8) is 0 Å². The Morgan fingerprint density at radius 1 is 0.222 bits per heavy atom. The number of benzene rings is 9. The van der Waals surface area contributed by atoms with E-state index in [1.807, 2.05) is 0 Å². The Hall–Kier alpha value is -7.23. The second-order valence-corrected chi connectivity index (χ2v) is 13.6. The van der Waals surface area contributed by atoms with Gasteiger partial charge in [0, 0.05) is 16.7 Å². The van der Waals surface area contributed by atoms with Crippen molar-refractivity contribution in [3.05, 3.63) is 200 Å². The molecule has 0 aliphatic rings. The quantitative estimate of drug-likeness (QED) is 0.175. The van der Waals surface area contributed by atoms with E-state index in [4.69, 9.17) is 15.0 Å². The first-order valence-corrected chi connectivity index (χ1v) is 18.3. The Balaban J connectivity index is 1.06. The molecule has 1 heterocycles. The number of hydrogen-bond acceptors (Lipinski definition) is 3. The molecule has 0 fully saturated rings. The molecule has 0 bridgehead atoms. The first-order chi connectivity index (χ1) is 26.7.